The summed E-state index contributed by atoms with van der Waals surface area (Å²) in [4.78, 5) is 0. The molecule has 108 valence electrons. The van der Waals surface area contributed by atoms with Gasteiger partial charge in [-0.25, -0.2) is 0 Å². The number of fused-ring (bicyclic) bond motifs is 5. The first-order valence-corrected chi connectivity index (χ1v) is 7.90. The van der Waals surface area contributed by atoms with E-state index in [1.807, 2.05) is 6.07 Å². The number of halogens is 1. The molecular formula is C18H19ClNO+. The normalized spacial score (nSPS) is 26.7. The van der Waals surface area contributed by atoms with Gasteiger partial charge in [-0.3, -0.25) is 0 Å². The molecule has 2 aliphatic rings. The zero-order chi connectivity index (χ0) is 14.6. The van der Waals surface area contributed by atoms with E-state index in [9.17, 15) is 5.11 Å². The van der Waals surface area contributed by atoms with Crippen LogP contribution in [0.3, 0.4) is 0 Å². The van der Waals surface area contributed by atoms with E-state index in [1.165, 1.54) is 11.1 Å². The summed E-state index contributed by atoms with van der Waals surface area (Å²) >= 11 is 6.40. The summed E-state index contributed by atoms with van der Waals surface area (Å²) in [5.74, 6) is 0.389. The van der Waals surface area contributed by atoms with Gasteiger partial charge in [0.25, 0.3) is 0 Å². The third-order valence-corrected chi connectivity index (χ3v) is 5.64. The summed E-state index contributed by atoms with van der Waals surface area (Å²) in [6.07, 6.45) is 2.05. The molecule has 1 N–H and O–H groups in total. The van der Waals surface area contributed by atoms with Crippen molar-refractivity contribution in [3.63, 3.8) is 0 Å². The van der Waals surface area contributed by atoms with Crippen LogP contribution >= 0.6 is 11.6 Å². The minimum atomic E-state index is 0.206. The van der Waals surface area contributed by atoms with E-state index in [0.717, 1.165) is 46.6 Å². The van der Waals surface area contributed by atoms with E-state index in [2.05, 4.69) is 31.3 Å². The van der Waals surface area contributed by atoms with Gasteiger partial charge in [0.2, 0.25) is 0 Å². The van der Waals surface area contributed by atoms with Crippen molar-refractivity contribution in [1.29, 1.82) is 0 Å². The van der Waals surface area contributed by atoms with E-state index in [0.29, 0.717) is 5.75 Å². The Morgan fingerprint density at radius 2 is 1.86 bits per heavy atom. The van der Waals surface area contributed by atoms with Gasteiger partial charge in [0.05, 0.1) is 25.7 Å². The van der Waals surface area contributed by atoms with Gasteiger partial charge in [-0.15, -0.1) is 0 Å². The average Bonchev–Trinajstić information content (AvgIpc) is 2.50. The molecule has 0 saturated heterocycles. The van der Waals surface area contributed by atoms with Crippen molar-refractivity contribution >= 4 is 11.6 Å². The molecule has 0 amide bonds. The molecule has 2 aromatic carbocycles. The lowest BCUT2D eigenvalue weighted by molar-refractivity contribution is -0.937. The Hall–Kier alpha value is -1.51. The number of hydrogen-bond acceptors (Lipinski definition) is 1. The van der Waals surface area contributed by atoms with Gasteiger partial charge in [0.1, 0.15) is 11.8 Å². The summed E-state index contributed by atoms with van der Waals surface area (Å²) in [7, 11) is 2.31. The highest BCUT2D eigenvalue weighted by atomic mass is 35.5. The maximum Gasteiger partial charge on any atom is 0.144 e. The first-order chi connectivity index (χ1) is 10.1. The predicted molar refractivity (Wildman–Crippen MR) is 84.7 cm³/mol. The second kappa shape index (κ2) is 4.49. The SMILES string of the molecule is C[N+]12CCc3ccccc3C1c1c(O)ccc(Cl)c1CC2. The number of quaternary nitrogens is 1. The number of nitrogens with zero attached hydrogens (tertiary/aromatic N) is 1. The quantitative estimate of drug-likeness (QED) is 0.736. The van der Waals surface area contributed by atoms with Crippen LogP contribution < -0.4 is 0 Å². The Labute approximate surface area is 130 Å². The van der Waals surface area contributed by atoms with E-state index < -0.39 is 0 Å². The maximum absolute atomic E-state index is 10.5. The summed E-state index contributed by atoms with van der Waals surface area (Å²) in [6, 6.07) is 12.4. The van der Waals surface area contributed by atoms with Crippen molar-refractivity contribution in [3.05, 3.63) is 63.7 Å². The third-order valence-electron chi connectivity index (χ3n) is 5.29. The van der Waals surface area contributed by atoms with Crippen LogP contribution in [0.2, 0.25) is 5.02 Å². The first-order valence-electron chi connectivity index (χ1n) is 7.52. The predicted octanol–water partition coefficient (Wildman–Crippen LogP) is 3.69. The minimum Gasteiger partial charge on any atom is -0.507 e. The first kappa shape index (κ1) is 13.2. The molecule has 2 atom stereocenters. The standard InChI is InChI=1S/C18H18ClNO/c1-20-10-8-12-4-2-3-5-13(12)18(20)17-14(9-11-20)15(19)6-7-16(17)21/h2-7,18H,8-11H2,1H3/p+1. The highest BCUT2D eigenvalue weighted by Crippen LogP contribution is 2.48. The molecule has 0 bridgehead atoms. The summed E-state index contributed by atoms with van der Waals surface area (Å²) < 4.78 is 0.970. The lowest BCUT2D eigenvalue weighted by Crippen LogP contribution is -2.55. The van der Waals surface area contributed by atoms with Crippen molar-refractivity contribution in [3.8, 4) is 5.75 Å². The average molecular weight is 301 g/mol. The van der Waals surface area contributed by atoms with Crippen LogP contribution in [-0.2, 0) is 12.8 Å². The van der Waals surface area contributed by atoms with Gasteiger partial charge in [0.15, 0.2) is 0 Å². The summed E-state index contributed by atoms with van der Waals surface area (Å²) in [5.41, 5.74) is 4.94. The zero-order valence-corrected chi connectivity index (χ0v) is 12.9. The Morgan fingerprint density at radius 1 is 1.10 bits per heavy atom. The van der Waals surface area contributed by atoms with E-state index >= 15 is 0 Å². The molecule has 2 aromatic rings. The van der Waals surface area contributed by atoms with Gasteiger partial charge < -0.3 is 9.59 Å². The molecule has 0 aliphatic carbocycles. The molecule has 2 heterocycles. The van der Waals surface area contributed by atoms with Crippen LogP contribution in [0, 0.1) is 0 Å². The van der Waals surface area contributed by atoms with Crippen LogP contribution in [0.1, 0.15) is 28.3 Å². The van der Waals surface area contributed by atoms with Gasteiger partial charge in [-0.05, 0) is 23.3 Å². The largest absolute Gasteiger partial charge is 0.507 e. The van der Waals surface area contributed by atoms with Gasteiger partial charge in [-0.1, -0.05) is 35.9 Å². The van der Waals surface area contributed by atoms with Crippen LogP contribution in [0.25, 0.3) is 0 Å². The number of likely N-dealkylation sites (N-methyl/N-ethyl adjacent to an activating group) is 1. The van der Waals surface area contributed by atoms with Gasteiger partial charge >= 0.3 is 0 Å². The molecule has 21 heavy (non-hydrogen) atoms. The number of phenolic OH excluding ortho intramolecular Hbond substituents is 1. The van der Waals surface area contributed by atoms with Crippen molar-refractivity contribution in [2.45, 2.75) is 18.9 Å². The molecule has 0 saturated carbocycles. The Balaban J connectivity index is 2.01. The highest BCUT2D eigenvalue weighted by Gasteiger charge is 2.45. The molecule has 0 spiro atoms. The molecule has 0 radical (unpaired) electrons. The molecule has 2 nitrogen and oxygen atoms in total. The smallest absolute Gasteiger partial charge is 0.144 e. The Morgan fingerprint density at radius 3 is 2.71 bits per heavy atom. The number of rotatable bonds is 0. The number of hydrogen-bond donors (Lipinski definition) is 1. The van der Waals surface area contributed by atoms with Crippen LogP contribution in [-0.4, -0.2) is 29.7 Å². The van der Waals surface area contributed by atoms with Crippen molar-refractivity contribution in [2.75, 3.05) is 20.1 Å². The fourth-order valence-corrected chi connectivity index (χ4v) is 4.39. The molecular weight excluding hydrogens is 282 g/mol. The monoisotopic (exact) mass is 300 g/mol. The zero-order valence-electron chi connectivity index (χ0n) is 12.1. The van der Waals surface area contributed by atoms with E-state index in [4.69, 9.17) is 11.6 Å². The second-order valence-electron chi connectivity index (χ2n) is 6.49. The van der Waals surface area contributed by atoms with Crippen LogP contribution in [0.4, 0.5) is 0 Å². The van der Waals surface area contributed by atoms with Crippen LogP contribution in [0.15, 0.2) is 36.4 Å². The lowest BCUT2D eigenvalue weighted by atomic mass is 9.80. The van der Waals surface area contributed by atoms with Crippen LogP contribution in [0.5, 0.6) is 5.75 Å². The lowest BCUT2D eigenvalue weighted by Gasteiger charge is -2.49. The van der Waals surface area contributed by atoms with Gasteiger partial charge in [0, 0.05) is 23.4 Å². The summed E-state index contributed by atoms with van der Waals surface area (Å²) in [5, 5.41) is 11.3. The molecule has 2 aliphatic heterocycles. The van der Waals surface area contributed by atoms with E-state index in [-0.39, 0.29) is 6.04 Å². The van der Waals surface area contributed by atoms with Crippen molar-refractivity contribution in [2.24, 2.45) is 0 Å². The Kier molecular flexibility index (Phi) is 2.82. The third kappa shape index (κ3) is 1.82. The van der Waals surface area contributed by atoms with Gasteiger partial charge in [-0.2, -0.15) is 0 Å². The molecule has 2 unspecified atom stereocenters. The molecule has 3 heteroatoms. The number of phenols is 1. The number of benzene rings is 2. The minimum absolute atomic E-state index is 0.206. The van der Waals surface area contributed by atoms with E-state index in [1.54, 1.807) is 6.07 Å². The fourth-order valence-electron chi connectivity index (χ4n) is 4.13. The topological polar surface area (TPSA) is 20.2 Å². The van der Waals surface area contributed by atoms with Crippen molar-refractivity contribution in [1.82, 2.24) is 0 Å². The molecule has 0 aromatic heterocycles. The number of aromatic hydroxyl groups is 1. The second-order valence-corrected chi connectivity index (χ2v) is 6.89. The fraction of sp³-hybridized carbons (Fsp3) is 0.333. The van der Waals surface area contributed by atoms with Crippen molar-refractivity contribution < 1.29 is 9.59 Å². The molecule has 4 rings (SSSR count). The molecule has 0 fully saturated rings. The summed E-state index contributed by atoms with van der Waals surface area (Å²) in [6.45, 7) is 2.20. The Bertz CT molecular complexity index is 727. The maximum atomic E-state index is 10.5. The highest BCUT2D eigenvalue weighted by molar-refractivity contribution is 6.31.